The van der Waals surface area contributed by atoms with Crippen molar-refractivity contribution in [3.05, 3.63) is 65.0 Å². The SMILES string of the molecule is Cc1cccc(NC(C(N)=O)c2cc(C)ccc2F)c1. The number of rotatable bonds is 4. The number of amides is 1. The second kappa shape index (κ2) is 5.74. The first-order chi connectivity index (χ1) is 9.47. The first-order valence-corrected chi connectivity index (χ1v) is 6.36. The van der Waals surface area contributed by atoms with Gasteiger partial charge in [-0.05, 0) is 37.6 Å². The second-order valence-corrected chi connectivity index (χ2v) is 4.87. The molecular formula is C16H17FN2O. The highest BCUT2D eigenvalue weighted by Gasteiger charge is 2.21. The molecule has 1 amide bonds. The second-order valence-electron chi connectivity index (χ2n) is 4.87. The van der Waals surface area contributed by atoms with Crippen molar-refractivity contribution in [3.8, 4) is 0 Å². The molecule has 2 rings (SSSR count). The third-order valence-corrected chi connectivity index (χ3v) is 3.08. The van der Waals surface area contributed by atoms with Crippen LogP contribution in [0, 0.1) is 19.7 Å². The molecule has 0 radical (unpaired) electrons. The monoisotopic (exact) mass is 272 g/mol. The van der Waals surface area contributed by atoms with Crippen LogP contribution in [0.15, 0.2) is 42.5 Å². The summed E-state index contributed by atoms with van der Waals surface area (Å²) in [7, 11) is 0. The molecule has 104 valence electrons. The summed E-state index contributed by atoms with van der Waals surface area (Å²) in [5, 5.41) is 2.99. The lowest BCUT2D eigenvalue weighted by molar-refractivity contribution is -0.118. The molecule has 2 aromatic carbocycles. The number of aryl methyl sites for hydroxylation is 2. The van der Waals surface area contributed by atoms with E-state index in [0.29, 0.717) is 0 Å². The predicted octanol–water partition coefficient (Wildman–Crippen LogP) is 3.08. The Morgan fingerprint density at radius 3 is 2.50 bits per heavy atom. The molecule has 1 atom stereocenters. The summed E-state index contributed by atoms with van der Waals surface area (Å²) in [4.78, 5) is 11.6. The van der Waals surface area contributed by atoms with Gasteiger partial charge in [0.25, 0.3) is 0 Å². The molecule has 0 aliphatic rings. The highest BCUT2D eigenvalue weighted by atomic mass is 19.1. The Labute approximate surface area is 117 Å². The van der Waals surface area contributed by atoms with Crippen molar-refractivity contribution in [3.63, 3.8) is 0 Å². The zero-order valence-corrected chi connectivity index (χ0v) is 11.5. The van der Waals surface area contributed by atoms with Gasteiger partial charge in [0, 0.05) is 11.3 Å². The van der Waals surface area contributed by atoms with Crippen LogP contribution < -0.4 is 11.1 Å². The predicted molar refractivity (Wildman–Crippen MR) is 77.9 cm³/mol. The van der Waals surface area contributed by atoms with Crippen molar-refractivity contribution in [2.75, 3.05) is 5.32 Å². The number of nitrogens with two attached hydrogens (primary N) is 1. The summed E-state index contributed by atoms with van der Waals surface area (Å²) in [5.74, 6) is -1.06. The van der Waals surface area contributed by atoms with Crippen molar-refractivity contribution in [1.82, 2.24) is 0 Å². The average Bonchev–Trinajstić information content (AvgIpc) is 2.39. The number of carbonyl (C=O) groups is 1. The van der Waals surface area contributed by atoms with Crippen LogP contribution in [0.25, 0.3) is 0 Å². The molecule has 4 heteroatoms. The van der Waals surface area contributed by atoms with Crippen molar-refractivity contribution < 1.29 is 9.18 Å². The molecule has 0 aromatic heterocycles. The lowest BCUT2D eigenvalue weighted by Crippen LogP contribution is -2.28. The standard InChI is InChI=1S/C16H17FN2O/c1-10-4-3-5-12(8-10)19-15(16(18)20)13-9-11(2)6-7-14(13)17/h3-9,15,19H,1-2H3,(H2,18,20). The largest absolute Gasteiger partial charge is 0.370 e. The Hall–Kier alpha value is -2.36. The molecule has 0 spiro atoms. The third-order valence-electron chi connectivity index (χ3n) is 3.08. The van der Waals surface area contributed by atoms with Gasteiger partial charge >= 0.3 is 0 Å². The molecule has 20 heavy (non-hydrogen) atoms. The van der Waals surface area contributed by atoms with Gasteiger partial charge in [-0.15, -0.1) is 0 Å². The number of hydrogen-bond donors (Lipinski definition) is 2. The van der Waals surface area contributed by atoms with Crippen LogP contribution in [0.5, 0.6) is 0 Å². The number of primary amides is 1. The van der Waals surface area contributed by atoms with Gasteiger partial charge in [0.05, 0.1) is 0 Å². The number of anilines is 1. The first-order valence-electron chi connectivity index (χ1n) is 6.36. The molecule has 0 saturated heterocycles. The summed E-state index contributed by atoms with van der Waals surface area (Å²) < 4.78 is 13.9. The number of halogens is 1. The molecule has 0 aliphatic heterocycles. The Morgan fingerprint density at radius 2 is 1.85 bits per heavy atom. The molecule has 0 fully saturated rings. The van der Waals surface area contributed by atoms with E-state index in [-0.39, 0.29) is 5.56 Å². The molecule has 0 saturated carbocycles. The van der Waals surface area contributed by atoms with Crippen LogP contribution in [0.3, 0.4) is 0 Å². The Balaban J connectivity index is 2.37. The summed E-state index contributed by atoms with van der Waals surface area (Å²) >= 11 is 0. The van der Waals surface area contributed by atoms with Crippen LogP contribution in [0.1, 0.15) is 22.7 Å². The van der Waals surface area contributed by atoms with Crippen molar-refractivity contribution in [2.45, 2.75) is 19.9 Å². The van der Waals surface area contributed by atoms with E-state index in [9.17, 15) is 9.18 Å². The van der Waals surface area contributed by atoms with E-state index in [4.69, 9.17) is 5.73 Å². The molecule has 2 aromatic rings. The summed E-state index contributed by atoms with van der Waals surface area (Å²) in [6.07, 6.45) is 0. The maximum Gasteiger partial charge on any atom is 0.244 e. The minimum absolute atomic E-state index is 0.263. The Bertz CT molecular complexity index is 640. The van der Waals surface area contributed by atoms with Crippen LogP contribution in [0.2, 0.25) is 0 Å². The summed E-state index contributed by atoms with van der Waals surface area (Å²) in [6.45, 7) is 3.78. The molecule has 3 nitrogen and oxygen atoms in total. The van der Waals surface area contributed by atoms with E-state index in [0.717, 1.165) is 16.8 Å². The minimum Gasteiger partial charge on any atom is -0.370 e. The van der Waals surface area contributed by atoms with Crippen LogP contribution in [-0.4, -0.2) is 5.91 Å². The zero-order valence-electron chi connectivity index (χ0n) is 11.5. The fourth-order valence-electron chi connectivity index (χ4n) is 2.09. The third kappa shape index (κ3) is 3.15. The normalized spacial score (nSPS) is 11.9. The van der Waals surface area contributed by atoms with E-state index in [2.05, 4.69) is 5.32 Å². The number of benzene rings is 2. The van der Waals surface area contributed by atoms with E-state index in [1.54, 1.807) is 12.1 Å². The molecule has 0 aliphatic carbocycles. The Morgan fingerprint density at radius 1 is 1.15 bits per heavy atom. The Kier molecular flexibility index (Phi) is 4.03. The summed E-state index contributed by atoms with van der Waals surface area (Å²) in [5.41, 5.74) is 8.32. The minimum atomic E-state index is -0.892. The molecule has 0 heterocycles. The van der Waals surface area contributed by atoms with Gasteiger partial charge in [0.15, 0.2) is 0 Å². The van der Waals surface area contributed by atoms with Gasteiger partial charge in [0.2, 0.25) is 5.91 Å². The van der Waals surface area contributed by atoms with E-state index < -0.39 is 17.8 Å². The van der Waals surface area contributed by atoms with E-state index in [1.165, 1.54) is 6.07 Å². The molecule has 0 bridgehead atoms. The smallest absolute Gasteiger partial charge is 0.244 e. The first kappa shape index (κ1) is 14.1. The highest BCUT2D eigenvalue weighted by molar-refractivity contribution is 5.84. The fourth-order valence-corrected chi connectivity index (χ4v) is 2.09. The van der Waals surface area contributed by atoms with Crippen LogP contribution >= 0.6 is 0 Å². The average molecular weight is 272 g/mol. The number of nitrogens with one attached hydrogen (secondary N) is 1. The fraction of sp³-hybridized carbons (Fsp3) is 0.188. The summed E-state index contributed by atoms with van der Waals surface area (Å²) in [6, 6.07) is 11.2. The van der Waals surface area contributed by atoms with Crippen molar-refractivity contribution in [2.24, 2.45) is 5.73 Å². The molecular weight excluding hydrogens is 255 g/mol. The lowest BCUT2D eigenvalue weighted by Gasteiger charge is -2.18. The maximum absolute atomic E-state index is 13.9. The van der Waals surface area contributed by atoms with Gasteiger partial charge in [-0.2, -0.15) is 0 Å². The van der Waals surface area contributed by atoms with E-state index in [1.807, 2.05) is 38.1 Å². The lowest BCUT2D eigenvalue weighted by atomic mass is 10.0. The van der Waals surface area contributed by atoms with Gasteiger partial charge in [-0.1, -0.05) is 29.8 Å². The topological polar surface area (TPSA) is 55.1 Å². The van der Waals surface area contributed by atoms with Crippen LogP contribution in [-0.2, 0) is 4.79 Å². The van der Waals surface area contributed by atoms with Crippen LogP contribution in [0.4, 0.5) is 10.1 Å². The quantitative estimate of drug-likeness (QED) is 0.898. The van der Waals surface area contributed by atoms with E-state index >= 15 is 0 Å². The number of hydrogen-bond acceptors (Lipinski definition) is 2. The molecule has 3 N–H and O–H groups in total. The number of carbonyl (C=O) groups excluding carboxylic acids is 1. The highest BCUT2D eigenvalue weighted by Crippen LogP contribution is 2.23. The van der Waals surface area contributed by atoms with Crippen molar-refractivity contribution >= 4 is 11.6 Å². The van der Waals surface area contributed by atoms with Gasteiger partial charge < -0.3 is 11.1 Å². The van der Waals surface area contributed by atoms with Gasteiger partial charge in [-0.25, -0.2) is 4.39 Å². The van der Waals surface area contributed by atoms with Crippen molar-refractivity contribution in [1.29, 1.82) is 0 Å². The zero-order chi connectivity index (χ0) is 14.7. The maximum atomic E-state index is 13.9. The molecule has 1 unspecified atom stereocenters. The van der Waals surface area contributed by atoms with Gasteiger partial charge in [-0.3, -0.25) is 4.79 Å². The van der Waals surface area contributed by atoms with Gasteiger partial charge in [0.1, 0.15) is 11.9 Å².